The van der Waals surface area contributed by atoms with Gasteiger partial charge in [0.1, 0.15) is 0 Å². The Morgan fingerprint density at radius 2 is 2.33 bits per heavy atom. The number of fused-ring (bicyclic) bond motifs is 1. The monoisotopic (exact) mass is 263 g/mol. The highest BCUT2D eigenvalue weighted by atomic mass is 32.1. The van der Waals surface area contributed by atoms with Gasteiger partial charge in [-0.15, -0.1) is 6.58 Å². The molecule has 1 aromatic heterocycles. The highest BCUT2D eigenvalue weighted by molar-refractivity contribution is 7.22. The van der Waals surface area contributed by atoms with Crippen molar-refractivity contribution in [2.75, 3.05) is 25.4 Å². The lowest BCUT2D eigenvalue weighted by atomic mass is 10.2. The summed E-state index contributed by atoms with van der Waals surface area (Å²) in [6.45, 7) is 6.09. The number of nitrogen functional groups attached to an aromatic ring is 1. The molecule has 0 saturated carbocycles. The van der Waals surface area contributed by atoms with E-state index in [4.69, 9.17) is 10.8 Å². The molecular formula is C13H17N3OS. The van der Waals surface area contributed by atoms with Gasteiger partial charge in [-0.3, -0.25) is 4.90 Å². The Labute approximate surface area is 110 Å². The number of nitrogens with zero attached hydrogens (tertiary/aromatic N) is 2. The highest BCUT2D eigenvalue weighted by Gasteiger charge is 2.06. The van der Waals surface area contributed by atoms with Crippen LogP contribution in [0.4, 0.5) is 5.13 Å². The van der Waals surface area contributed by atoms with E-state index in [2.05, 4.69) is 28.6 Å². The Kier molecular flexibility index (Phi) is 4.30. The van der Waals surface area contributed by atoms with Crippen LogP contribution in [0.15, 0.2) is 30.9 Å². The smallest absolute Gasteiger partial charge is 0.181 e. The molecule has 2 aromatic rings. The first-order valence-corrected chi connectivity index (χ1v) is 6.63. The SMILES string of the molecule is C=CCN(CCO)Cc1ccc2nc(N)sc2c1. The van der Waals surface area contributed by atoms with E-state index in [0.717, 1.165) is 23.3 Å². The van der Waals surface area contributed by atoms with E-state index in [-0.39, 0.29) is 6.61 Å². The third-order valence-electron chi connectivity index (χ3n) is 2.68. The summed E-state index contributed by atoms with van der Waals surface area (Å²) < 4.78 is 1.10. The zero-order chi connectivity index (χ0) is 13.0. The predicted octanol–water partition coefficient (Wildman–Crippen LogP) is 1.86. The number of anilines is 1. The third-order valence-corrected chi connectivity index (χ3v) is 3.53. The van der Waals surface area contributed by atoms with Gasteiger partial charge in [-0.05, 0) is 17.7 Å². The van der Waals surface area contributed by atoms with Gasteiger partial charge in [0.25, 0.3) is 0 Å². The average Bonchev–Trinajstić information content (AvgIpc) is 2.69. The Bertz CT molecular complexity index is 538. The van der Waals surface area contributed by atoms with Gasteiger partial charge in [-0.1, -0.05) is 23.5 Å². The Morgan fingerprint density at radius 3 is 3.06 bits per heavy atom. The predicted molar refractivity (Wildman–Crippen MR) is 76.6 cm³/mol. The molecule has 96 valence electrons. The van der Waals surface area contributed by atoms with Crippen LogP contribution in [0, 0.1) is 0 Å². The molecule has 0 bridgehead atoms. The average molecular weight is 263 g/mol. The van der Waals surface area contributed by atoms with Gasteiger partial charge in [-0.25, -0.2) is 4.98 Å². The van der Waals surface area contributed by atoms with Gasteiger partial charge in [0.05, 0.1) is 16.8 Å². The molecule has 0 amide bonds. The van der Waals surface area contributed by atoms with Gasteiger partial charge in [-0.2, -0.15) is 0 Å². The topological polar surface area (TPSA) is 62.4 Å². The number of benzene rings is 1. The summed E-state index contributed by atoms with van der Waals surface area (Å²) in [5.74, 6) is 0. The highest BCUT2D eigenvalue weighted by Crippen LogP contribution is 2.25. The van der Waals surface area contributed by atoms with E-state index in [1.807, 2.05) is 12.1 Å². The molecular weight excluding hydrogens is 246 g/mol. The number of rotatable bonds is 6. The van der Waals surface area contributed by atoms with Crippen molar-refractivity contribution in [1.29, 1.82) is 0 Å². The lowest BCUT2D eigenvalue weighted by molar-refractivity contribution is 0.203. The van der Waals surface area contributed by atoms with Crippen LogP contribution in [-0.4, -0.2) is 34.7 Å². The van der Waals surface area contributed by atoms with Gasteiger partial charge < -0.3 is 10.8 Å². The molecule has 0 fully saturated rings. The molecule has 5 heteroatoms. The van der Waals surface area contributed by atoms with Crippen LogP contribution in [0.25, 0.3) is 10.2 Å². The minimum Gasteiger partial charge on any atom is -0.395 e. The Morgan fingerprint density at radius 1 is 1.50 bits per heavy atom. The fourth-order valence-electron chi connectivity index (χ4n) is 1.90. The van der Waals surface area contributed by atoms with E-state index in [1.54, 1.807) is 0 Å². The first-order chi connectivity index (χ1) is 8.72. The Hall–Kier alpha value is -1.43. The second-order valence-electron chi connectivity index (χ2n) is 4.10. The van der Waals surface area contributed by atoms with Crippen molar-refractivity contribution in [1.82, 2.24) is 9.88 Å². The fraction of sp³-hybridized carbons (Fsp3) is 0.308. The molecule has 18 heavy (non-hydrogen) atoms. The van der Waals surface area contributed by atoms with Crippen molar-refractivity contribution in [3.05, 3.63) is 36.4 Å². The van der Waals surface area contributed by atoms with Crippen LogP contribution < -0.4 is 5.73 Å². The summed E-state index contributed by atoms with van der Waals surface area (Å²) in [5, 5.41) is 9.61. The molecule has 0 unspecified atom stereocenters. The molecule has 0 aliphatic rings. The molecule has 3 N–H and O–H groups in total. The maximum Gasteiger partial charge on any atom is 0.181 e. The second kappa shape index (κ2) is 5.95. The quantitative estimate of drug-likeness (QED) is 0.781. The molecule has 1 heterocycles. The molecule has 0 spiro atoms. The first-order valence-electron chi connectivity index (χ1n) is 5.82. The molecule has 0 atom stereocenters. The van der Waals surface area contributed by atoms with Crippen molar-refractivity contribution >= 4 is 26.7 Å². The van der Waals surface area contributed by atoms with Crippen molar-refractivity contribution in [3.8, 4) is 0 Å². The van der Waals surface area contributed by atoms with Crippen molar-refractivity contribution in [3.63, 3.8) is 0 Å². The van der Waals surface area contributed by atoms with Gasteiger partial charge in [0, 0.05) is 19.6 Å². The molecule has 2 rings (SSSR count). The second-order valence-corrected chi connectivity index (χ2v) is 5.16. The van der Waals surface area contributed by atoms with E-state index in [9.17, 15) is 0 Å². The minimum absolute atomic E-state index is 0.156. The van der Waals surface area contributed by atoms with E-state index < -0.39 is 0 Å². The number of aliphatic hydroxyl groups excluding tert-OH is 1. The lowest BCUT2D eigenvalue weighted by Crippen LogP contribution is -2.26. The lowest BCUT2D eigenvalue weighted by Gasteiger charge is -2.19. The van der Waals surface area contributed by atoms with Crippen molar-refractivity contribution < 1.29 is 5.11 Å². The van der Waals surface area contributed by atoms with Gasteiger partial charge >= 0.3 is 0 Å². The van der Waals surface area contributed by atoms with E-state index in [0.29, 0.717) is 11.7 Å². The van der Waals surface area contributed by atoms with Crippen LogP contribution in [0.1, 0.15) is 5.56 Å². The number of hydrogen-bond donors (Lipinski definition) is 2. The maximum absolute atomic E-state index is 9.02. The summed E-state index contributed by atoms with van der Waals surface area (Å²) in [5.41, 5.74) is 7.83. The van der Waals surface area contributed by atoms with Crippen LogP contribution >= 0.6 is 11.3 Å². The van der Waals surface area contributed by atoms with Gasteiger partial charge in [0.15, 0.2) is 5.13 Å². The third kappa shape index (κ3) is 3.07. The normalized spacial score (nSPS) is 11.2. The number of nitrogens with two attached hydrogens (primary N) is 1. The van der Waals surface area contributed by atoms with Crippen molar-refractivity contribution in [2.24, 2.45) is 0 Å². The number of hydrogen-bond acceptors (Lipinski definition) is 5. The molecule has 0 saturated heterocycles. The number of aromatic nitrogens is 1. The van der Waals surface area contributed by atoms with Crippen LogP contribution in [0.5, 0.6) is 0 Å². The molecule has 0 radical (unpaired) electrons. The fourth-order valence-corrected chi connectivity index (χ4v) is 2.70. The number of thiazole rings is 1. The molecule has 1 aromatic carbocycles. The zero-order valence-electron chi connectivity index (χ0n) is 10.2. The first kappa shape index (κ1) is 13.0. The summed E-state index contributed by atoms with van der Waals surface area (Å²) in [6.07, 6.45) is 1.85. The summed E-state index contributed by atoms with van der Waals surface area (Å²) in [6, 6.07) is 6.15. The van der Waals surface area contributed by atoms with Crippen molar-refractivity contribution in [2.45, 2.75) is 6.54 Å². The largest absolute Gasteiger partial charge is 0.395 e. The summed E-state index contributed by atoms with van der Waals surface area (Å²) in [7, 11) is 0. The van der Waals surface area contributed by atoms with E-state index >= 15 is 0 Å². The summed E-state index contributed by atoms with van der Waals surface area (Å²) >= 11 is 1.50. The summed E-state index contributed by atoms with van der Waals surface area (Å²) in [4.78, 5) is 6.37. The van der Waals surface area contributed by atoms with Gasteiger partial charge in [0.2, 0.25) is 0 Å². The molecule has 0 aliphatic carbocycles. The molecule has 0 aliphatic heterocycles. The van der Waals surface area contributed by atoms with Crippen LogP contribution in [0.3, 0.4) is 0 Å². The minimum atomic E-state index is 0.156. The maximum atomic E-state index is 9.02. The number of aliphatic hydroxyl groups is 1. The molecule has 4 nitrogen and oxygen atoms in total. The Balaban J connectivity index is 2.16. The van der Waals surface area contributed by atoms with Crippen LogP contribution in [0.2, 0.25) is 0 Å². The van der Waals surface area contributed by atoms with E-state index in [1.165, 1.54) is 16.9 Å². The van der Waals surface area contributed by atoms with Crippen LogP contribution in [-0.2, 0) is 6.54 Å². The zero-order valence-corrected chi connectivity index (χ0v) is 11.0. The standard InChI is InChI=1S/C13H17N3OS/c1-2-5-16(6-7-17)9-10-3-4-11-12(8-10)18-13(14)15-11/h2-4,8,17H,1,5-7,9H2,(H2,14,15).